The van der Waals surface area contributed by atoms with Crippen molar-refractivity contribution in [1.82, 2.24) is 0 Å². The first-order valence-electron chi connectivity index (χ1n) is 12.0. The summed E-state index contributed by atoms with van der Waals surface area (Å²) < 4.78 is 4.89. The van der Waals surface area contributed by atoms with Gasteiger partial charge in [0.1, 0.15) is 0 Å². The molecule has 0 aliphatic heterocycles. The van der Waals surface area contributed by atoms with E-state index in [4.69, 9.17) is 4.74 Å². The maximum absolute atomic E-state index is 11.6. The predicted molar refractivity (Wildman–Crippen MR) is 110 cm³/mol. The first-order valence-corrected chi connectivity index (χ1v) is 12.0. The Morgan fingerprint density at radius 2 is 1.74 bits per heavy atom. The van der Waals surface area contributed by atoms with Crippen LogP contribution in [0.2, 0.25) is 0 Å². The van der Waals surface area contributed by atoms with Crippen molar-refractivity contribution in [2.45, 2.75) is 97.8 Å². The van der Waals surface area contributed by atoms with Crippen LogP contribution < -0.4 is 0 Å². The van der Waals surface area contributed by atoms with Gasteiger partial charge in [0.05, 0.1) is 7.11 Å². The summed E-state index contributed by atoms with van der Waals surface area (Å²) in [4.78, 5) is 11.6. The predicted octanol–water partition coefficient (Wildman–Crippen LogP) is 6.62. The van der Waals surface area contributed by atoms with Crippen molar-refractivity contribution >= 4 is 5.97 Å². The molecule has 4 rings (SSSR count). The minimum absolute atomic E-state index is 0.0335. The molecular weight excluding hydrogens is 332 g/mol. The molecule has 4 aliphatic carbocycles. The summed E-state index contributed by atoms with van der Waals surface area (Å²) in [5, 5.41) is 0. The van der Waals surface area contributed by atoms with E-state index in [0.29, 0.717) is 23.2 Å². The van der Waals surface area contributed by atoms with Gasteiger partial charge >= 0.3 is 5.97 Å². The molecule has 0 aromatic rings. The Hall–Kier alpha value is -0.530. The average molecular weight is 375 g/mol. The quantitative estimate of drug-likeness (QED) is 0.517. The number of methoxy groups -OCH3 is 1. The zero-order chi connectivity index (χ0) is 19.2. The van der Waals surface area contributed by atoms with Crippen molar-refractivity contribution in [3.63, 3.8) is 0 Å². The molecule has 0 aromatic heterocycles. The zero-order valence-electron chi connectivity index (χ0n) is 18.3. The second-order valence-electron chi connectivity index (χ2n) is 11.2. The smallest absolute Gasteiger partial charge is 0.305 e. The van der Waals surface area contributed by atoms with Crippen LogP contribution in [0.15, 0.2) is 0 Å². The van der Waals surface area contributed by atoms with Crippen LogP contribution in [0.4, 0.5) is 0 Å². The molecule has 8 atom stereocenters. The van der Waals surface area contributed by atoms with Crippen molar-refractivity contribution < 1.29 is 9.53 Å². The Bertz CT molecular complexity index is 557. The number of carbonyl (C=O) groups is 1. The van der Waals surface area contributed by atoms with Gasteiger partial charge in [0.2, 0.25) is 0 Å². The highest BCUT2D eigenvalue weighted by Crippen LogP contribution is 2.68. The SMILES string of the molecule is COC(=O)CC[C@@H](C)[C@H]1CC[C@H]2[C@@H]3CC[C@H]4CCCC[C@]4(C)[C@H]3CC[C@]12C. The van der Waals surface area contributed by atoms with Crippen LogP contribution in [0.5, 0.6) is 0 Å². The molecule has 0 bridgehead atoms. The van der Waals surface area contributed by atoms with Crippen molar-refractivity contribution in [3.8, 4) is 0 Å². The lowest BCUT2D eigenvalue weighted by Crippen LogP contribution is -2.53. The summed E-state index contributed by atoms with van der Waals surface area (Å²) >= 11 is 0. The van der Waals surface area contributed by atoms with Gasteiger partial charge in [-0.25, -0.2) is 0 Å². The van der Waals surface area contributed by atoms with E-state index in [9.17, 15) is 4.79 Å². The summed E-state index contributed by atoms with van der Waals surface area (Å²) in [6, 6.07) is 0. The molecule has 4 saturated carbocycles. The van der Waals surface area contributed by atoms with Crippen molar-refractivity contribution in [3.05, 3.63) is 0 Å². The van der Waals surface area contributed by atoms with Gasteiger partial charge in [-0.2, -0.15) is 0 Å². The van der Waals surface area contributed by atoms with Crippen LogP contribution in [0.3, 0.4) is 0 Å². The van der Waals surface area contributed by atoms with Crippen LogP contribution in [-0.2, 0) is 9.53 Å². The van der Waals surface area contributed by atoms with Gasteiger partial charge in [-0.1, -0.05) is 33.6 Å². The van der Waals surface area contributed by atoms with Crippen LogP contribution in [-0.4, -0.2) is 13.1 Å². The van der Waals surface area contributed by atoms with Crippen LogP contribution in [0.25, 0.3) is 0 Å². The molecule has 154 valence electrons. The van der Waals surface area contributed by atoms with Gasteiger partial charge in [-0.3, -0.25) is 4.79 Å². The number of hydrogen-bond donors (Lipinski definition) is 0. The summed E-state index contributed by atoms with van der Waals surface area (Å²) in [6.45, 7) is 7.73. The highest BCUT2D eigenvalue weighted by atomic mass is 16.5. The van der Waals surface area contributed by atoms with E-state index < -0.39 is 0 Å². The zero-order valence-corrected chi connectivity index (χ0v) is 18.3. The molecule has 4 aliphatic rings. The molecule has 0 N–H and O–H groups in total. The fraction of sp³-hybridized carbons (Fsp3) is 0.960. The Morgan fingerprint density at radius 1 is 0.963 bits per heavy atom. The van der Waals surface area contributed by atoms with E-state index in [0.717, 1.165) is 36.0 Å². The average Bonchev–Trinajstić information content (AvgIpc) is 3.02. The van der Waals surface area contributed by atoms with Crippen molar-refractivity contribution in [2.24, 2.45) is 46.3 Å². The third-order valence-electron chi connectivity index (χ3n) is 10.4. The number of hydrogen-bond acceptors (Lipinski definition) is 2. The first kappa shape index (κ1) is 19.8. The van der Waals surface area contributed by atoms with E-state index in [1.807, 2.05) is 0 Å². The fourth-order valence-corrected chi connectivity index (χ4v) is 8.92. The molecule has 0 spiro atoms. The third kappa shape index (κ3) is 3.18. The fourth-order valence-electron chi connectivity index (χ4n) is 8.92. The molecule has 0 amide bonds. The Labute approximate surface area is 167 Å². The summed E-state index contributed by atoms with van der Waals surface area (Å²) in [5.41, 5.74) is 1.17. The lowest BCUT2D eigenvalue weighted by atomic mass is 9.44. The minimum atomic E-state index is -0.0335. The van der Waals surface area contributed by atoms with Crippen molar-refractivity contribution in [1.29, 1.82) is 0 Å². The standard InChI is InChI=1S/C25H42O2/c1-17(8-13-23(26)27-4)20-11-12-21-19-10-9-18-7-5-6-15-24(18,2)22(19)14-16-25(20,21)3/h17-22H,5-16H2,1-4H3/t17-,18-,19+,20-,21+,22+,24+,25-/m1/s1. The molecule has 0 aromatic carbocycles. The van der Waals surface area contributed by atoms with E-state index in [1.165, 1.54) is 71.3 Å². The number of carbonyl (C=O) groups excluding carboxylic acids is 1. The van der Waals surface area contributed by atoms with Crippen LogP contribution in [0, 0.1) is 46.3 Å². The molecule has 2 heteroatoms. The third-order valence-corrected chi connectivity index (χ3v) is 10.4. The normalized spacial score (nSPS) is 47.5. The van der Waals surface area contributed by atoms with Gasteiger partial charge in [-0.05, 0) is 104 Å². The number of ether oxygens (including phenoxy) is 1. The number of esters is 1. The van der Waals surface area contributed by atoms with Gasteiger partial charge in [0, 0.05) is 6.42 Å². The van der Waals surface area contributed by atoms with Crippen LogP contribution >= 0.6 is 0 Å². The Kier molecular flexibility index (Phi) is 5.40. The van der Waals surface area contributed by atoms with Gasteiger partial charge < -0.3 is 4.74 Å². The van der Waals surface area contributed by atoms with Gasteiger partial charge in [-0.15, -0.1) is 0 Å². The molecule has 0 heterocycles. The Morgan fingerprint density at radius 3 is 2.52 bits per heavy atom. The van der Waals surface area contributed by atoms with E-state index in [1.54, 1.807) is 0 Å². The van der Waals surface area contributed by atoms with E-state index >= 15 is 0 Å². The molecule has 0 saturated heterocycles. The topological polar surface area (TPSA) is 26.3 Å². The second kappa shape index (κ2) is 7.38. The molecule has 0 radical (unpaired) electrons. The lowest BCUT2D eigenvalue weighted by molar-refractivity contribution is -0.141. The van der Waals surface area contributed by atoms with Gasteiger partial charge in [0.15, 0.2) is 0 Å². The van der Waals surface area contributed by atoms with Gasteiger partial charge in [0.25, 0.3) is 0 Å². The van der Waals surface area contributed by atoms with Crippen molar-refractivity contribution in [2.75, 3.05) is 7.11 Å². The molecule has 0 unspecified atom stereocenters. The first-order chi connectivity index (χ1) is 12.9. The van der Waals surface area contributed by atoms with Crippen LogP contribution in [0.1, 0.15) is 97.8 Å². The summed E-state index contributed by atoms with van der Waals surface area (Å²) in [7, 11) is 1.52. The Balaban J connectivity index is 1.49. The number of rotatable bonds is 4. The summed E-state index contributed by atoms with van der Waals surface area (Å²) in [5.74, 6) is 5.38. The highest BCUT2D eigenvalue weighted by Gasteiger charge is 2.60. The highest BCUT2D eigenvalue weighted by molar-refractivity contribution is 5.69. The monoisotopic (exact) mass is 374 g/mol. The minimum Gasteiger partial charge on any atom is -0.469 e. The lowest BCUT2D eigenvalue weighted by Gasteiger charge is -2.61. The van der Waals surface area contributed by atoms with E-state index in [2.05, 4.69) is 20.8 Å². The number of fused-ring (bicyclic) bond motifs is 5. The van der Waals surface area contributed by atoms with E-state index in [-0.39, 0.29) is 5.97 Å². The summed E-state index contributed by atoms with van der Waals surface area (Å²) in [6.07, 6.45) is 16.4. The molecule has 2 nitrogen and oxygen atoms in total. The second-order valence-corrected chi connectivity index (χ2v) is 11.2. The molecule has 4 fully saturated rings. The molecular formula is C25H42O2. The largest absolute Gasteiger partial charge is 0.469 e. The molecule has 27 heavy (non-hydrogen) atoms. The maximum Gasteiger partial charge on any atom is 0.305 e. The maximum atomic E-state index is 11.6.